The SMILES string of the molecule is Cc1cc(NC(=O)C(C)OC(=O)c2ccc(NC(=O)CC#N)cc2)no1. The van der Waals surface area contributed by atoms with E-state index >= 15 is 0 Å². The summed E-state index contributed by atoms with van der Waals surface area (Å²) in [5.41, 5.74) is 0.647. The van der Waals surface area contributed by atoms with Crippen molar-refractivity contribution in [2.24, 2.45) is 0 Å². The zero-order valence-electron chi connectivity index (χ0n) is 14.1. The summed E-state index contributed by atoms with van der Waals surface area (Å²) in [6, 6.07) is 9.14. The number of ether oxygens (including phenoxy) is 1. The van der Waals surface area contributed by atoms with E-state index in [0.717, 1.165) is 0 Å². The van der Waals surface area contributed by atoms with E-state index in [1.807, 2.05) is 0 Å². The quantitative estimate of drug-likeness (QED) is 0.756. The number of hydrogen-bond acceptors (Lipinski definition) is 7. The van der Waals surface area contributed by atoms with Gasteiger partial charge in [-0.25, -0.2) is 4.79 Å². The van der Waals surface area contributed by atoms with E-state index in [0.29, 0.717) is 11.4 Å². The molecule has 134 valence electrons. The summed E-state index contributed by atoms with van der Waals surface area (Å²) < 4.78 is 9.93. The molecule has 0 aliphatic rings. The molecule has 1 unspecified atom stereocenters. The molecule has 2 N–H and O–H groups in total. The van der Waals surface area contributed by atoms with Gasteiger partial charge in [0.2, 0.25) is 5.91 Å². The monoisotopic (exact) mass is 356 g/mol. The van der Waals surface area contributed by atoms with Gasteiger partial charge in [-0.15, -0.1) is 0 Å². The molecule has 2 rings (SSSR count). The predicted molar refractivity (Wildman–Crippen MR) is 90.0 cm³/mol. The van der Waals surface area contributed by atoms with Crippen LogP contribution in [0.25, 0.3) is 0 Å². The van der Waals surface area contributed by atoms with Crippen LogP contribution in [0.5, 0.6) is 0 Å². The van der Waals surface area contributed by atoms with Crippen molar-refractivity contribution in [1.29, 1.82) is 5.26 Å². The zero-order valence-corrected chi connectivity index (χ0v) is 14.1. The highest BCUT2D eigenvalue weighted by Crippen LogP contribution is 2.13. The molecular formula is C17H16N4O5. The fourth-order valence-corrected chi connectivity index (χ4v) is 1.90. The van der Waals surface area contributed by atoms with Crippen LogP contribution in [0.4, 0.5) is 11.5 Å². The molecule has 2 aromatic rings. The Morgan fingerprint density at radius 1 is 1.27 bits per heavy atom. The average molecular weight is 356 g/mol. The van der Waals surface area contributed by atoms with Gasteiger partial charge in [0.15, 0.2) is 11.9 Å². The van der Waals surface area contributed by atoms with E-state index in [1.165, 1.54) is 37.3 Å². The Bertz CT molecular complexity index is 851. The lowest BCUT2D eigenvalue weighted by Gasteiger charge is -2.12. The van der Waals surface area contributed by atoms with E-state index in [-0.39, 0.29) is 17.8 Å². The van der Waals surface area contributed by atoms with Gasteiger partial charge in [0.25, 0.3) is 5.91 Å². The van der Waals surface area contributed by atoms with Crippen molar-refractivity contribution in [2.75, 3.05) is 10.6 Å². The van der Waals surface area contributed by atoms with Gasteiger partial charge in [-0.2, -0.15) is 5.26 Å². The Balaban J connectivity index is 1.91. The number of carbonyl (C=O) groups is 3. The number of nitrogens with one attached hydrogen (secondary N) is 2. The number of anilines is 2. The van der Waals surface area contributed by atoms with E-state index in [9.17, 15) is 14.4 Å². The molecule has 9 heteroatoms. The van der Waals surface area contributed by atoms with Gasteiger partial charge in [-0.3, -0.25) is 9.59 Å². The normalized spacial score (nSPS) is 11.1. The summed E-state index contributed by atoms with van der Waals surface area (Å²) in [5, 5.41) is 17.0. The minimum Gasteiger partial charge on any atom is -0.449 e. The molecule has 0 saturated carbocycles. The van der Waals surface area contributed by atoms with Gasteiger partial charge in [0.1, 0.15) is 12.2 Å². The number of nitriles is 1. The van der Waals surface area contributed by atoms with E-state index in [2.05, 4.69) is 15.8 Å². The number of nitrogens with zero attached hydrogens (tertiary/aromatic N) is 2. The number of aryl methyl sites for hydroxylation is 1. The molecule has 0 fully saturated rings. The molecule has 1 aromatic carbocycles. The van der Waals surface area contributed by atoms with Crippen molar-refractivity contribution in [3.8, 4) is 6.07 Å². The zero-order chi connectivity index (χ0) is 19.1. The number of amides is 2. The van der Waals surface area contributed by atoms with Crippen molar-refractivity contribution < 1.29 is 23.6 Å². The minimum atomic E-state index is -1.05. The molecule has 26 heavy (non-hydrogen) atoms. The van der Waals surface area contributed by atoms with Crippen LogP contribution in [-0.4, -0.2) is 29.0 Å². The van der Waals surface area contributed by atoms with Gasteiger partial charge in [-0.05, 0) is 38.1 Å². The van der Waals surface area contributed by atoms with E-state index in [1.54, 1.807) is 13.0 Å². The number of esters is 1. The van der Waals surface area contributed by atoms with Gasteiger partial charge < -0.3 is 19.9 Å². The average Bonchev–Trinajstić information content (AvgIpc) is 3.00. The Morgan fingerprint density at radius 2 is 1.96 bits per heavy atom. The van der Waals surface area contributed by atoms with Crippen LogP contribution in [-0.2, 0) is 14.3 Å². The fraction of sp³-hybridized carbons (Fsp3) is 0.235. The summed E-state index contributed by atoms with van der Waals surface area (Å²) >= 11 is 0. The first kappa shape index (κ1) is 18.7. The predicted octanol–water partition coefficient (Wildman–Crippen LogP) is 2.02. The second-order valence-corrected chi connectivity index (χ2v) is 5.32. The van der Waals surface area contributed by atoms with Crippen molar-refractivity contribution in [3.63, 3.8) is 0 Å². The molecule has 0 aliphatic heterocycles. The number of benzene rings is 1. The maximum atomic E-state index is 12.1. The number of hydrogen-bond donors (Lipinski definition) is 2. The van der Waals surface area contributed by atoms with Crippen LogP contribution in [0.1, 0.15) is 29.5 Å². The summed E-state index contributed by atoms with van der Waals surface area (Å²) in [6.45, 7) is 3.11. The molecule has 9 nitrogen and oxygen atoms in total. The van der Waals surface area contributed by atoms with Crippen molar-refractivity contribution in [1.82, 2.24) is 5.16 Å². The highest BCUT2D eigenvalue weighted by atomic mass is 16.5. The maximum absolute atomic E-state index is 12.1. The van der Waals surface area contributed by atoms with Crippen molar-refractivity contribution >= 4 is 29.3 Å². The lowest BCUT2D eigenvalue weighted by Crippen LogP contribution is -2.30. The first-order chi connectivity index (χ1) is 12.4. The van der Waals surface area contributed by atoms with Gasteiger partial charge in [0.05, 0.1) is 11.6 Å². The molecule has 1 aromatic heterocycles. The highest BCUT2D eigenvalue weighted by Gasteiger charge is 2.20. The molecule has 0 saturated heterocycles. The van der Waals surface area contributed by atoms with Crippen molar-refractivity contribution in [2.45, 2.75) is 26.4 Å². The fourth-order valence-electron chi connectivity index (χ4n) is 1.90. The lowest BCUT2D eigenvalue weighted by molar-refractivity contribution is -0.123. The van der Waals surface area contributed by atoms with Gasteiger partial charge in [-0.1, -0.05) is 5.16 Å². The summed E-state index contributed by atoms with van der Waals surface area (Å²) in [6.07, 6.45) is -1.31. The van der Waals surface area contributed by atoms with Crippen LogP contribution in [0.3, 0.4) is 0 Å². The third-order valence-corrected chi connectivity index (χ3v) is 3.18. The molecule has 0 bridgehead atoms. The Kier molecular flexibility index (Phi) is 6.06. The standard InChI is InChI=1S/C17H16N4O5/c1-10-9-14(21-26-10)20-16(23)11(2)25-17(24)12-3-5-13(6-4-12)19-15(22)7-8-18/h3-6,9,11H,7H2,1-2H3,(H,19,22)(H,20,21,23). The Labute approximate surface area is 148 Å². The summed E-state index contributed by atoms with van der Waals surface area (Å²) in [7, 11) is 0. The molecular weight excluding hydrogens is 340 g/mol. The van der Waals surface area contributed by atoms with Crippen LogP contribution >= 0.6 is 0 Å². The van der Waals surface area contributed by atoms with Crippen LogP contribution < -0.4 is 10.6 Å². The number of rotatable bonds is 6. The largest absolute Gasteiger partial charge is 0.449 e. The first-order valence-electron chi connectivity index (χ1n) is 7.61. The van der Waals surface area contributed by atoms with E-state index in [4.69, 9.17) is 14.5 Å². The third-order valence-electron chi connectivity index (χ3n) is 3.18. The summed E-state index contributed by atoms with van der Waals surface area (Å²) in [4.78, 5) is 35.4. The molecule has 1 atom stereocenters. The minimum absolute atomic E-state index is 0.209. The Morgan fingerprint density at radius 3 is 2.54 bits per heavy atom. The third kappa shape index (κ3) is 5.17. The van der Waals surface area contributed by atoms with Crippen LogP contribution in [0, 0.1) is 18.3 Å². The summed E-state index contributed by atoms with van der Waals surface area (Å²) in [5.74, 6) is -0.929. The van der Waals surface area contributed by atoms with Crippen LogP contribution in [0.2, 0.25) is 0 Å². The second-order valence-electron chi connectivity index (χ2n) is 5.32. The lowest BCUT2D eigenvalue weighted by atomic mass is 10.2. The Hall–Kier alpha value is -3.67. The van der Waals surface area contributed by atoms with Gasteiger partial charge in [0, 0.05) is 11.8 Å². The van der Waals surface area contributed by atoms with Gasteiger partial charge >= 0.3 is 5.97 Å². The molecule has 0 aliphatic carbocycles. The number of carbonyl (C=O) groups excluding carboxylic acids is 3. The maximum Gasteiger partial charge on any atom is 0.338 e. The van der Waals surface area contributed by atoms with Crippen LogP contribution in [0.15, 0.2) is 34.9 Å². The van der Waals surface area contributed by atoms with Crippen molar-refractivity contribution in [3.05, 3.63) is 41.7 Å². The second kappa shape index (κ2) is 8.43. The smallest absolute Gasteiger partial charge is 0.338 e. The molecule has 0 radical (unpaired) electrons. The van der Waals surface area contributed by atoms with E-state index < -0.39 is 23.9 Å². The molecule has 2 amide bonds. The molecule has 1 heterocycles. The topological polar surface area (TPSA) is 134 Å². The first-order valence-corrected chi connectivity index (χ1v) is 7.61. The molecule has 0 spiro atoms. The number of aromatic nitrogens is 1. The highest BCUT2D eigenvalue weighted by molar-refractivity contribution is 5.97.